The van der Waals surface area contributed by atoms with E-state index in [-0.39, 0.29) is 18.9 Å². The number of hydrogen-bond acceptors (Lipinski definition) is 2. The van der Waals surface area contributed by atoms with Gasteiger partial charge in [0.15, 0.2) is 0 Å². The number of carbonyl (C=O) groups excluding carboxylic acids is 1. The van der Waals surface area contributed by atoms with Crippen molar-refractivity contribution < 1.29 is 9.08 Å². The van der Waals surface area contributed by atoms with Gasteiger partial charge in [-0.1, -0.05) is 34.8 Å². The molecule has 0 unspecified atom stereocenters. The number of carbonyl (C=O) groups is 1. The average Bonchev–Trinajstić information content (AvgIpc) is 1.62. The Balaban J connectivity index is 0. The number of alkyl halides is 3. The second-order valence-corrected chi connectivity index (χ2v) is 3.30. The second kappa shape index (κ2) is 4.96. The molecular formula is C2HCl4LiO2. The Kier molecular flexibility index (Phi) is 7.08. The molecular weight excluding hydrogens is 205 g/mol. The maximum absolute atomic E-state index is 10.1. The Morgan fingerprint density at radius 2 is 1.67 bits per heavy atom. The summed E-state index contributed by atoms with van der Waals surface area (Å²) in [5.74, 6) is -1.11. The van der Waals surface area contributed by atoms with Gasteiger partial charge in [-0.15, -0.1) is 0 Å². The first kappa shape index (κ1) is 12.9. The van der Waals surface area contributed by atoms with Crippen LogP contribution in [0, 0.1) is 0 Å². The van der Waals surface area contributed by atoms with Crippen LogP contribution >= 0.6 is 46.7 Å². The first-order valence-electron chi connectivity index (χ1n) is 1.38. The SMILES string of the molecule is O=C(OCl)C(Cl)(Cl)Cl.[LiH]. The summed E-state index contributed by atoms with van der Waals surface area (Å²) >= 11 is 19.4. The molecule has 0 amide bonds. The van der Waals surface area contributed by atoms with Gasteiger partial charge in [-0.25, -0.2) is 4.79 Å². The van der Waals surface area contributed by atoms with Crippen LogP contribution in [0.25, 0.3) is 0 Å². The van der Waals surface area contributed by atoms with Gasteiger partial charge in [-0.3, -0.25) is 0 Å². The van der Waals surface area contributed by atoms with E-state index in [0.29, 0.717) is 0 Å². The van der Waals surface area contributed by atoms with Gasteiger partial charge in [-0.05, 0) is 0 Å². The molecule has 7 heteroatoms. The molecule has 0 aliphatic rings. The molecule has 0 aromatic carbocycles. The van der Waals surface area contributed by atoms with Crippen molar-refractivity contribution in [3.8, 4) is 0 Å². The summed E-state index contributed by atoms with van der Waals surface area (Å²) in [5, 5.41) is 0. The molecule has 0 heterocycles. The van der Waals surface area contributed by atoms with Gasteiger partial charge in [0.2, 0.25) is 0 Å². The van der Waals surface area contributed by atoms with Gasteiger partial charge in [0.05, 0.1) is 0 Å². The topological polar surface area (TPSA) is 26.3 Å². The van der Waals surface area contributed by atoms with Crippen molar-refractivity contribution >= 4 is 71.5 Å². The molecule has 0 radical (unpaired) electrons. The third-order valence-corrected chi connectivity index (χ3v) is 0.905. The van der Waals surface area contributed by atoms with Crippen molar-refractivity contribution in [2.75, 3.05) is 0 Å². The molecule has 0 aromatic heterocycles. The molecule has 9 heavy (non-hydrogen) atoms. The summed E-state index contributed by atoms with van der Waals surface area (Å²) in [6, 6.07) is 0. The number of hydrogen-bond donors (Lipinski definition) is 0. The van der Waals surface area contributed by atoms with E-state index >= 15 is 0 Å². The molecule has 0 rings (SSSR count). The van der Waals surface area contributed by atoms with E-state index in [1.807, 2.05) is 0 Å². The number of halogens is 4. The van der Waals surface area contributed by atoms with Crippen molar-refractivity contribution in [3.63, 3.8) is 0 Å². The summed E-state index contributed by atoms with van der Waals surface area (Å²) < 4.78 is 1.48. The van der Waals surface area contributed by atoms with Gasteiger partial charge in [-0.2, -0.15) is 0 Å². The van der Waals surface area contributed by atoms with Crippen LogP contribution in [0.1, 0.15) is 0 Å². The van der Waals surface area contributed by atoms with Gasteiger partial charge >= 0.3 is 24.8 Å². The second-order valence-electron chi connectivity index (χ2n) is 0.862. The van der Waals surface area contributed by atoms with Crippen molar-refractivity contribution in [1.29, 1.82) is 0 Å². The molecule has 0 fully saturated rings. The first-order chi connectivity index (χ1) is 3.48. The quantitative estimate of drug-likeness (QED) is 0.442. The molecule has 0 aromatic rings. The van der Waals surface area contributed by atoms with Gasteiger partial charge in [0.25, 0.3) is 3.79 Å². The van der Waals surface area contributed by atoms with Crippen LogP contribution in [0.4, 0.5) is 0 Å². The van der Waals surface area contributed by atoms with Crippen LogP contribution in [-0.2, 0) is 9.08 Å². The summed E-state index contributed by atoms with van der Waals surface area (Å²) in [4.78, 5) is 10.1. The van der Waals surface area contributed by atoms with E-state index in [1.54, 1.807) is 0 Å². The number of rotatable bonds is 0. The zero-order chi connectivity index (χ0) is 6.78. The van der Waals surface area contributed by atoms with Gasteiger partial charge < -0.3 is 4.29 Å². The van der Waals surface area contributed by atoms with Crippen LogP contribution in [0.15, 0.2) is 0 Å². The van der Waals surface area contributed by atoms with Crippen LogP contribution in [0.2, 0.25) is 0 Å². The third-order valence-electron chi connectivity index (χ3n) is 0.302. The fourth-order valence-corrected chi connectivity index (χ4v) is 0.394. The Bertz CT molecular complexity index is 99.2. The minimum absolute atomic E-state index is 0. The van der Waals surface area contributed by atoms with E-state index in [4.69, 9.17) is 34.8 Å². The van der Waals surface area contributed by atoms with Crippen molar-refractivity contribution in [2.24, 2.45) is 0 Å². The molecule has 2 nitrogen and oxygen atoms in total. The van der Waals surface area contributed by atoms with Crippen LogP contribution in [0.3, 0.4) is 0 Å². The Hall–Kier alpha value is 1.23. The molecule has 0 saturated heterocycles. The van der Waals surface area contributed by atoms with Crippen LogP contribution in [-0.4, -0.2) is 28.6 Å². The zero-order valence-corrected chi connectivity index (χ0v) is 6.35. The molecule has 0 N–H and O–H groups in total. The molecule has 0 aliphatic carbocycles. The average molecular weight is 206 g/mol. The monoisotopic (exact) mass is 204 g/mol. The zero-order valence-electron chi connectivity index (χ0n) is 3.33. The Labute approximate surface area is 84.1 Å². The fraction of sp³-hybridized carbons (Fsp3) is 0.500. The Morgan fingerprint density at radius 3 is 1.67 bits per heavy atom. The molecule has 0 aliphatic heterocycles. The maximum atomic E-state index is 10.1. The van der Waals surface area contributed by atoms with E-state index in [9.17, 15) is 4.79 Å². The summed E-state index contributed by atoms with van der Waals surface area (Å²) in [6.45, 7) is 0. The summed E-state index contributed by atoms with van der Waals surface area (Å²) in [7, 11) is 0. The van der Waals surface area contributed by atoms with E-state index in [2.05, 4.69) is 16.2 Å². The molecule has 0 spiro atoms. The molecule has 0 saturated carbocycles. The standard InChI is InChI=1S/C2Cl4O2.Li.H/c3-2(4,5)1(7)8-6;;. The van der Waals surface area contributed by atoms with Gasteiger partial charge in [0, 0.05) is 0 Å². The van der Waals surface area contributed by atoms with Crippen LogP contribution in [0.5, 0.6) is 0 Å². The fourth-order valence-electron chi connectivity index (χ4n) is 0.0437. The van der Waals surface area contributed by atoms with Crippen molar-refractivity contribution in [3.05, 3.63) is 0 Å². The van der Waals surface area contributed by atoms with E-state index in [1.165, 1.54) is 0 Å². The van der Waals surface area contributed by atoms with Gasteiger partial charge in [0.1, 0.15) is 11.9 Å². The third kappa shape index (κ3) is 5.66. The normalized spacial score (nSPS) is 9.78. The van der Waals surface area contributed by atoms with Crippen molar-refractivity contribution in [2.45, 2.75) is 3.79 Å². The Morgan fingerprint density at radius 1 is 1.33 bits per heavy atom. The minimum atomic E-state index is -2.07. The molecule has 0 bridgehead atoms. The van der Waals surface area contributed by atoms with Crippen LogP contribution < -0.4 is 0 Å². The summed E-state index contributed by atoms with van der Waals surface area (Å²) in [5.41, 5.74) is 0. The predicted molar refractivity (Wildman–Crippen MR) is 39.4 cm³/mol. The van der Waals surface area contributed by atoms with Crippen molar-refractivity contribution in [1.82, 2.24) is 0 Å². The van der Waals surface area contributed by atoms with E-state index < -0.39 is 9.76 Å². The van der Waals surface area contributed by atoms with E-state index in [0.717, 1.165) is 0 Å². The summed E-state index contributed by atoms with van der Waals surface area (Å²) in [6.07, 6.45) is 0. The molecule has 0 atom stereocenters. The molecule has 50 valence electrons. The first-order valence-corrected chi connectivity index (χ1v) is 2.82. The predicted octanol–water partition coefficient (Wildman–Crippen LogP) is 1.41.